The minimum Gasteiger partial charge on any atom is -0.321 e. The Morgan fingerprint density at radius 1 is 1.21 bits per heavy atom. The van der Waals surface area contributed by atoms with Gasteiger partial charge in [0.05, 0.1) is 10.5 Å². The molecule has 14 heavy (non-hydrogen) atoms. The second-order valence-electron chi connectivity index (χ2n) is 3.13. The SMILES string of the molecule is Cc1cc(=O)[nH]c2c(Cl)cc(Cl)cc12. The molecule has 0 radical (unpaired) electrons. The van der Waals surface area contributed by atoms with E-state index in [0.717, 1.165) is 10.9 Å². The van der Waals surface area contributed by atoms with Crippen molar-refractivity contribution < 1.29 is 0 Å². The van der Waals surface area contributed by atoms with Crippen LogP contribution in [0.4, 0.5) is 0 Å². The third-order valence-corrected chi connectivity index (χ3v) is 2.59. The van der Waals surface area contributed by atoms with Gasteiger partial charge in [0, 0.05) is 16.5 Å². The first kappa shape index (κ1) is 9.56. The number of halogens is 2. The molecule has 0 bridgehead atoms. The monoisotopic (exact) mass is 227 g/mol. The second kappa shape index (κ2) is 3.30. The molecule has 4 heteroatoms. The van der Waals surface area contributed by atoms with Crippen LogP contribution in [-0.4, -0.2) is 4.98 Å². The van der Waals surface area contributed by atoms with E-state index in [2.05, 4.69) is 4.98 Å². The summed E-state index contributed by atoms with van der Waals surface area (Å²) in [7, 11) is 0. The summed E-state index contributed by atoms with van der Waals surface area (Å²) in [5, 5.41) is 1.91. The maximum Gasteiger partial charge on any atom is 0.248 e. The van der Waals surface area contributed by atoms with E-state index in [0.29, 0.717) is 15.6 Å². The van der Waals surface area contributed by atoms with Crippen LogP contribution in [0.15, 0.2) is 23.0 Å². The molecule has 2 rings (SSSR count). The zero-order chi connectivity index (χ0) is 10.3. The average Bonchev–Trinajstić information content (AvgIpc) is 2.07. The van der Waals surface area contributed by atoms with Crippen LogP contribution in [-0.2, 0) is 0 Å². The molecular weight excluding hydrogens is 221 g/mol. The van der Waals surface area contributed by atoms with E-state index in [-0.39, 0.29) is 5.56 Å². The highest BCUT2D eigenvalue weighted by atomic mass is 35.5. The van der Waals surface area contributed by atoms with Crippen LogP contribution in [0.5, 0.6) is 0 Å². The topological polar surface area (TPSA) is 32.9 Å². The first-order chi connectivity index (χ1) is 6.58. The van der Waals surface area contributed by atoms with Gasteiger partial charge in [-0.3, -0.25) is 4.79 Å². The van der Waals surface area contributed by atoms with E-state index in [4.69, 9.17) is 23.2 Å². The van der Waals surface area contributed by atoms with Crippen molar-refractivity contribution >= 4 is 34.1 Å². The van der Waals surface area contributed by atoms with Gasteiger partial charge < -0.3 is 4.98 Å². The van der Waals surface area contributed by atoms with Crippen molar-refractivity contribution in [3.63, 3.8) is 0 Å². The highest BCUT2D eigenvalue weighted by molar-refractivity contribution is 6.38. The summed E-state index contributed by atoms with van der Waals surface area (Å²) in [6, 6.07) is 4.92. The van der Waals surface area contributed by atoms with Gasteiger partial charge in [0.2, 0.25) is 5.56 Å². The molecule has 0 aliphatic heterocycles. The number of hydrogen-bond acceptors (Lipinski definition) is 1. The predicted octanol–water partition coefficient (Wildman–Crippen LogP) is 3.14. The molecule has 0 aliphatic carbocycles. The summed E-state index contributed by atoms with van der Waals surface area (Å²) >= 11 is 11.8. The molecule has 0 saturated carbocycles. The molecule has 72 valence electrons. The lowest BCUT2D eigenvalue weighted by atomic mass is 10.1. The normalized spacial score (nSPS) is 10.8. The number of rotatable bonds is 0. The van der Waals surface area contributed by atoms with Crippen molar-refractivity contribution in [2.45, 2.75) is 6.92 Å². The Morgan fingerprint density at radius 2 is 1.93 bits per heavy atom. The molecular formula is C10H7Cl2NO. The van der Waals surface area contributed by atoms with Crippen LogP contribution in [0, 0.1) is 6.92 Å². The Bertz CT molecular complexity index is 560. The number of benzene rings is 1. The minimum absolute atomic E-state index is 0.153. The van der Waals surface area contributed by atoms with Crippen LogP contribution < -0.4 is 5.56 Å². The molecule has 0 spiro atoms. The molecule has 1 aromatic heterocycles. The Hall–Kier alpha value is -0.990. The molecule has 1 N–H and O–H groups in total. The number of aryl methyl sites for hydroxylation is 1. The van der Waals surface area contributed by atoms with Crippen molar-refractivity contribution in [1.82, 2.24) is 4.98 Å². The second-order valence-corrected chi connectivity index (χ2v) is 3.97. The van der Waals surface area contributed by atoms with Crippen LogP contribution in [0.1, 0.15) is 5.56 Å². The summed E-state index contributed by atoms with van der Waals surface area (Å²) < 4.78 is 0. The maximum absolute atomic E-state index is 11.2. The number of hydrogen-bond donors (Lipinski definition) is 1. The average molecular weight is 228 g/mol. The molecule has 1 heterocycles. The molecule has 0 atom stereocenters. The zero-order valence-corrected chi connectivity index (χ0v) is 8.91. The quantitative estimate of drug-likeness (QED) is 0.738. The van der Waals surface area contributed by atoms with E-state index < -0.39 is 0 Å². The Kier molecular flexibility index (Phi) is 2.25. The highest BCUT2D eigenvalue weighted by Gasteiger charge is 2.04. The van der Waals surface area contributed by atoms with Gasteiger partial charge in [-0.15, -0.1) is 0 Å². The van der Waals surface area contributed by atoms with E-state index in [9.17, 15) is 4.79 Å². The fourth-order valence-electron chi connectivity index (χ4n) is 1.45. The molecule has 2 aromatic rings. The maximum atomic E-state index is 11.2. The zero-order valence-electron chi connectivity index (χ0n) is 7.40. The summed E-state index contributed by atoms with van der Waals surface area (Å²) in [5.74, 6) is 0. The Labute approximate surface area is 90.5 Å². The fourth-order valence-corrected chi connectivity index (χ4v) is 1.99. The fraction of sp³-hybridized carbons (Fsp3) is 0.100. The summed E-state index contributed by atoms with van der Waals surface area (Å²) in [4.78, 5) is 13.9. The van der Waals surface area contributed by atoms with Gasteiger partial charge in [0.25, 0.3) is 0 Å². The lowest BCUT2D eigenvalue weighted by Crippen LogP contribution is -2.05. The summed E-state index contributed by atoms with van der Waals surface area (Å²) in [6.45, 7) is 1.85. The largest absolute Gasteiger partial charge is 0.321 e. The molecule has 0 saturated heterocycles. The number of pyridine rings is 1. The van der Waals surface area contributed by atoms with Gasteiger partial charge in [-0.2, -0.15) is 0 Å². The van der Waals surface area contributed by atoms with Crippen molar-refractivity contribution in [3.8, 4) is 0 Å². The first-order valence-electron chi connectivity index (χ1n) is 4.06. The minimum atomic E-state index is -0.153. The van der Waals surface area contributed by atoms with Crippen LogP contribution >= 0.6 is 23.2 Å². The predicted molar refractivity (Wildman–Crippen MR) is 59.3 cm³/mol. The number of aromatic amines is 1. The number of H-pyrrole nitrogens is 1. The van der Waals surface area contributed by atoms with Gasteiger partial charge >= 0.3 is 0 Å². The highest BCUT2D eigenvalue weighted by Crippen LogP contribution is 2.26. The van der Waals surface area contributed by atoms with Crippen molar-refractivity contribution in [1.29, 1.82) is 0 Å². The first-order valence-corrected chi connectivity index (χ1v) is 4.82. The van der Waals surface area contributed by atoms with Gasteiger partial charge in [-0.1, -0.05) is 23.2 Å². The lowest BCUT2D eigenvalue weighted by molar-refractivity contribution is 1.28. The molecule has 0 fully saturated rings. The number of fused-ring (bicyclic) bond motifs is 1. The van der Waals surface area contributed by atoms with Gasteiger partial charge in [-0.25, -0.2) is 0 Å². The Morgan fingerprint density at radius 3 is 2.64 bits per heavy atom. The van der Waals surface area contributed by atoms with Crippen molar-refractivity contribution in [3.05, 3.63) is 44.2 Å². The smallest absolute Gasteiger partial charge is 0.248 e. The number of aromatic nitrogens is 1. The van der Waals surface area contributed by atoms with Gasteiger partial charge in [0.15, 0.2) is 0 Å². The Balaban J connectivity index is 3.01. The molecule has 0 unspecified atom stereocenters. The molecule has 0 aliphatic rings. The standard InChI is InChI=1S/C10H7Cl2NO/c1-5-2-9(14)13-10-7(5)3-6(11)4-8(10)12/h2-4H,1H3,(H,13,14). The van der Waals surface area contributed by atoms with Gasteiger partial charge in [-0.05, 0) is 24.6 Å². The van der Waals surface area contributed by atoms with Crippen LogP contribution in [0.3, 0.4) is 0 Å². The van der Waals surface area contributed by atoms with Crippen LogP contribution in [0.25, 0.3) is 10.9 Å². The summed E-state index contributed by atoms with van der Waals surface area (Å²) in [5.41, 5.74) is 1.36. The molecule has 2 nitrogen and oxygen atoms in total. The van der Waals surface area contributed by atoms with E-state index in [1.807, 2.05) is 6.92 Å². The number of nitrogens with one attached hydrogen (secondary N) is 1. The van der Waals surface area contributed by atoms with Crippen molar-refractivity contribution in [2.24, 2.45) is 0 Å². The molecule has 1 aromatic carbocycles. The van der Waals surface area contributed by atoms with Crippen molar-refractivity contribution in [2.75, 3.05) is 0 Å². The van der Waals surface area contributed by atoms with E-state index >= 15 is 0 Å². The molecule has 0 amide bonds. The van der Waals surface area contributed by atoms with Gasteiger partial charge in [0.1, 0.15) is 0 Å². The lowest BCUT2D eigenvalue weighted by Gasteiger charge is -2.03. The summed E-state index contributed by atoms with van der Waals surface area (Å²) in [6.07, 6.45) is 0. The third kappa shape index (κ3) is 1.51. The van der Waals surface area contributed by atoms with E-state index in [1.54, 1.807) is 12.1 Å². The third-order valence-electron chi connectivity index (χ3n) is 2.08. The van der Waals surface area contributed by atoms with Crippen LogP contribution in [0.2, 0.25) is 10.0 Å². The van der Waals surface area contributed by atoms with E-state index in [1.165, 1.54) is 6.07 Å².